The number of nitrogens with zero attached hydrogens (tertiary/aromatic N) is 3. The summed E-state index contributed by atoms with van der Waals surface area (Å²) in [6, 6.07) is 11.9. The Hall–Kier alpha value is -2.86. The van der Waals surface area contributed by atoms with Gasteiger partial charge in [-0.3, -0.25) is 0 Å². The van der Waals surface area contributed by atoms with Crippen LogP contribution in [0.3, 0.4) is 0 Å². The average molecular weight is 414 g/mol. The van der Waals surface area contributed by atoms with Gasteiger partial charge >= 0.3 is 6.09 Å². The minimum atomic E-state index is -0.456. The number of aryl methyl sites for hydroxylation is 1. The van der Waals surface area contributed by atoms with Gasteiger partial charge in [0.1, 0.15) is 5.82 Å². The molecule has 0 saturated carbocycles. The Morgan fingerprint density at radius 2 is 2.00 bits per heavy atom. The van der Waals surface area contributed by atoms with Crippen LogP contribution in [0.4, 0.5) is 9.18 Å². The van der Waals surface area contributed by atoms with E-state index < -0.39 is 6.09 Å². The molecule has 3 aromatic rings. The van der Waals surface area contributed by atoms with Crippen molar-refractivity contribution in [3.05, 3.63) is 64.6 Å². The van der Waals surface area contributed by atoms with Gasteiger partial charge in [-0.2, -0.15) is 0 Å². The maximum atomic E-state index is 13.8. The van der Waals surface area contributed by atoms with Crippen LogP contribution in [0.2, 0.25) is 5.02 Å². The molecule has 150 valence electrons. The van der Waals surface area contributed by atoms with Crippen LogP contribution in [0, 0.1) is 5.82 Å². The van der Waals surface area contributed by atoms with Crippen LogP contribution in [0.15, 0.2) is 42.5 Å². The van der Waals surface area contributed by atoms with Crippen LogP contribution >= 0.6 is 11.6 Å². The van der Waals surface area contributed by atoms with Gasteiger partial charge in [-0.05, 0) is 68.1 Å². The molecule has 0 fully saturated rings. The highest BCUT2D eigenvalue weighted by Crippen LogP contribution is 2.41. The van der Waals surface area contributed by atoms with Crippen molar-refractivity contribution < 1.29 is 13.9 Å². The first-order valence-corrected chi connectivity index (χ1v) is 10.0. The van der Waals surface area contributed by atoms with Crippen LogP contribution in [-0.4, -0.2) is 33.9 Å². The Kier molecular flexibility index (Phi) is 5.28. The summed E-state index contributed by atoms with van der Waals surface area (Å²) in [4.78, 5) is 14.2. The van der Waals surface area contributed by atoms with E-state index in [2.05, 4.69) is 5.10 Å². The molecule has 7 heteroatoms. The van der Waals surface area contributed by atoms with E-state index in [1.54, 1.807) is 21.7 Å². The van der Waals surface area contributed by atoms with E-state index in [0.29, 0.717) is 30.2 Å². The number of hydrogen-bond donors (Lipinski definition) is 0. The number of aromatic nitrogens is 2. The van der Waals surface area contributed by atoms with Gasteiger partial charge in [-0.15, -0.1) is 5.10 Å². The number of ether oxygens (including phenoxy) is 1. The number of hydrogen-bond acceptors (Lipinski definition) is 3. The zero-order chi connectivity index (χ0) is 20.5. The van der Waals surface area contributed by atoms with Gasteiger partial charge in [0.2, 0.25) is 0 Å². The van der Waals surface area contributed by atoms with E-state index in [1.807, 2.05) is 32.0 Å². The quantitative estimate of drug-likeness (QED) is 0.585. The Bertz CT molecular complexity index is 1080. The van der Waals surface area contributed by atoms with Gasteiger partial charge in [-0.1, -0.05) is 23.7 Å². The van der Waals surface area contributed by atoms with Crippen molar-refractivity contribution in [2.24, 2.45) is 0 Å². The fourth-order valence-electron chi connectivity index (χ4n) is 3.72. The van der Waals surface area contributed by atoms with Crippen LogP contribution in [0.25, 0.3) is 16.8 Å². The van der Waals surface area contributed by atoms with E-state index in [-0.39, 0.29) is 11.7 Å². The molecule has 29 heavy (non-hydrogen) atoms. The van der Waals surface area contributed by atoms with Gasteiger partial charge in [0.25, 0.3) is 5.88 Å². The first-order chi connectivity index (χ1) is 14.0. The summed E-state index contributed by atoms with van der Waals surface area (Å²) in [6.07, 6.45) is 0.991. The number of halogens is 2. The number of carbonyl (C=O) groups is 1. The lowest BCUT2D eigenvalue weighted by atomic mass is 9.89. The van der Waals surface area contributed by atoms with E-state index in [4.69, 9.17) is 16.3 Å². The molecule has 0 unspecified atom stereocenters. The summed E-state index contributed by atoms with van der Waals surface area (Å²) in [5.41, 5.74) is 4.23. The van der Waals surface area contributed by atoms with Gasteiger partial charge < -0.3 is 9.64 Å². The topological polar surface area (TPSA) is 47.4 Å². The third-order valence-electron chi connectivity index (χ3n) is 5.18. The fraction of sp³-hybridized carbons (Fsp3) is 0.273. The molecule has 0 atom stereocenters. The Labute approximate surface area is 173 Å². The second-order valence-corrected chi connectivity index (χ2v) is 7.30. The SMILES string of the molecule is CCN(CC)C(=O)Oc1nn(-c2cccc(F)c2)c2c1-c1ccc(Cl)cc1CC2. The van der Waals surface area contributed by atoms with E-state index >= 15 is 0 Å². The highest BCUT2D eigenvalue weighted by atomic mass is 35.5. The minimum absolute atomic E-state index is 0.226. The van der Waals surface area contributed by atoms with Crippen LogP contribution in [0.5, 0.6) is 5.88 Å². The van der Waals surface area contributed by atoms with E-state index in [0.717, 1.165) is 28.8 Å². The summed E-state index contributed by atoms with van der Waals surface area (Å²) in [7, 11) is 0. The van der Waals surface area contributed by atoms with Gasteiger partial charge in [0.05, 0.1) is 16.9 Å². The molecule has 0 spiro atoms. The van der Waals surface area contributed by atoms with Crippen molar-refractivity contribution in [1.82, 2.24) is 14.7 Å². The average Bonchev–Trinajstić information content (AvgIpc) is 3.07. The van der Waals surface area contributed by atoms with Gasteiger partial charge in [0, 0.05) is 18.1 Å². The predicted molar refractivity (Wildman–Crippen MR) is 110 cm³/mol. The zero-order valence-electron chi connectivity index (χ0n) is 16.3. The second kappa shape index (κ2) is 7.87. The van der Waals surface area contributed by atoms with Crippen LogP contribution < -0.4 is 4.74 Å². The van der Waals surface area contributed by atoms with E-state index in [1.165, 1.54) is 12.1 Å². The standard InChI is InChI=1S/C22H21ClFN3O2/c1-3-26(4-2)22(28)29-21-20-18-10-9-15(23)12-14(18)8-11-19(20)27(25-21)17-7-5-6-16(24)13-17/h5-7,9-10,12-13H,3-4,8,11H2,1-2H3. The first-order valence-electron chi connectivity index (χ1n) is 9.65. The normalized spacial score (nSPS) is 12.3. The van der Waals surface area contributed by atoms with Crippen LogP contribution in [-0.2, 0) is 12.8 Å². The highest BCUT2D eigenvalue weighted by Gasteiger charge is 2.29. The first kappa shape index (κ1) is 19.5. The summed E-state index contributed by atoms with van der Waals surface area (Å²) in [5.74, 6) is -0.124. The van der Waals surface area contributed by atoms with Crippen molar-refractivity contribution >= 4 is 17.7 Å². The molecule has 1 heterocycles. The lowest BCUT2D eigenvalue weighted by molar-refractivity contribution is 0.155. The van der Waals surface area contributed by atoms with Crippen molar-refractivity contribution in [2.45, 2.75) is 26.7 Å². The lowest BCUT2D eigenvalue weighted by Crippen LogP contribution is -2.33. The summed E-state index contributed by atoms with van der Waals surface area (Å²) in [6.45, 7) is 4.86. The highest BCUT2D eigenvalue weighted by molar-refractivity contribution is 6.30. The Morgan fingerprint density at radius 3 is 2.72 bits per heavy atom. The second-order valence-electron chi connectivity index (χ2n) is 6.86. The third kappa shape index (κ3) is 3.60. The molecule has 0 saturated heterocycles. The van der Waals surface area contributed by atoms with Crippen molar-refractivity contribution in [1.29, 1.82) is 0 Å². The molecule has 2 aromatic carbocycles. The number of fused-ring (bicyclic) bond motifs is 3. The molecule has 1 aliphatic rings. The molecule has 0 aliphatic heterocycles. The molecule has 4 rings (SSSR count). The van der Waals surface area contributed by atoms with Crippen LogP contribution in [0.1, 0.15) is 25.1 Å². The number of carbonyl (C=O) groups excluding carboxylic acids is 1. The molecule has 1 aromatic heterocycles. The maximum Gasteiger partial charge on any atom is 0.416 e. The fourth-order valence-corrected chi connectivity index (χ4v) is 3.91. The summed E-state index contributed by atoms with van der Waals surface area (Å²) in [5, 5.41) is 5.22. The third-order valence-corrected chi connectivity index (χ3v) is 5.41. The molecular weight excluding hydrogens is 393 g/mol. The molecule has 1 amide bonds. The molecule has 1 aliphatic carbocycles. The predicted octanol–water partition coefficient (Wildman–Crippen LogP) is 5.27. The smallest absolute Gasteiger partial charge is 0.389 e. The summed E-state index contributed by atoms with van der Waals surface area (Å²) >= 11 is 6.17. The maximum absolute atomic E-state index is 13.8. The van der Waals surface area contributed by atoms with Gasteiger partial charge in [0.15, 0.2) is 0 Å². The van der Waals surface area contributed by atoms with Crippen molar-refractivity contribution in [2.75, 3.05) is 13.1 Å². The van der Waals surface area contributed by atoms with Gasteiger partial charge in [-0.25, -0.2) is 13.9 Å². The Morgan fingerprint density at radius 1 is 1.21 bits per heavy atom. The molecule has 0 N–H and O–H groups in total. The summed E-state index contributed by atoms with van der Waals surface area (Å²) < 4.78 is 21.2. The molecule has 5 nitrogen and oxygen atoms in total. The van der Waals surface area contributed by atoms with Crippen molar-refractivity contribution in [3.8, 4) is 22.7 Å². The zero-order valence-corrected chi connectivity index (χ0v) is 17.0. The number of amides is 1. The number of benzene rings is 2. The van der Waals surface area contributed by atoms with Crippen molar-refractivity contribution in [3.63, 3.8) is 0 Å². The number of rotatable bonds is 4. The van der Waals surface area contributed by atoms with E-state index in [9.17, 15) is 9.18 Å². The Balaban J connectivity index is 1.87. The lowest BCUT2D eigenvalue weighted by Gasteiger charge is -2.20. The molecular formula is C22H21ClFN3O2. The minimum Gasteiger partial charge on any atom is -0.389 e. The molecule has 0 radical (unpaired) electrons. The monoisotopic (exact) mass is 413 g/mol. The molecule has 0 bridgehead atoms. The largest absolute Gasteiger partial charge is 0.416 e.